The zero-order chi connectivity index (χ0) is 11.8. The number of methoxy groups -OCH3 is 1. The van der Waals surface area contributed by atoms with Crippen molar-refractivity contribution in [2.24, 2.45) is 0 Å². The number of H-pyrrole nitrogens is 1. The monoisotopic (exact) mass is 245 g/mol. The maximum absolute atomic E-state index is 5.29. The van der Waals surface area contributed by atoms with Crippen LogP contribution >= 0.6 is 11.3 Å². The number of imidazole rings is 1. The van der Waals surface area contributed by atoms with E-state index in [1.165, 1.54) is 0 Å². The standard InChI is InChI=1S/C12H11N3OS/c1-7-3-4-8-11(13-7)15-12(14-8)10-9(16-2)5-6-17-10/h3-6H,1-2H3,(H,13,14,15). The molecule has 86 valence electrons. The van der Waals surface area contributed by atoms with Gasteiger partial charge in [-0.05, 0) is 30.5 Å². The highest BCUT2D eigenvalue weighted by atomic mass is 32.1. The third-order valence-electron chi connectivity index (χ3n) is 2.55. The van der Waals surface area contributed by atoms with Gasteiger partial charge in [0, 0.05) is 5.69 Å². The zero-order valence-corrected chi connectivity index (χ0v) is 10.3. The van der Waals surface area contributed by atoms with Crippen LogP contribution in [0.1, 0.15) is 5.69 Å². The number of ether oxygens (including phenoxy) is 1. The van der Waals surface area contributed by atoms with Crippen molar-refractivity contribution in [2.45, 2.75) is 6.92 Å². The van der Waals surface area contributed by atoms with E-state index in [2.05, 4.69) is 15.0 Å². The molecule has 1 N–H and O–H groups in total. The van der Waals surface area contributed by atoms with E-state index < -0.39 is 0 Å². The molecule has 0 spiro atoms. The first-order valence-corrected chi connectivity index (χ1v) is 6.11. The van der Waals surface area contributed by atoms with Gasteiger partial charge < -0.3 is 9.72 Å². The van der Waals surface area contributed by atoms with E-state index in [1.54, 1.807) is 18.4 Å². The fourth-order valence-electron chi connectivity index (χ4n) is 1.73. The summed E-state index contributed by atoms with van der Waals surface area (Å²) in [5.74, 6) is 1.65. The Hall–Kier alpha value is -1.88. The van der Waals surface area contributed by atoms with Crippen molar-refractivity contribution in [3.63, 3.8) is 0 Å². The Morgan fingerprint density at radius 1 is 1.24 bits per heavy atom. The minimum absolute atomic E-state index is 0.746. The van der Waals surface area contributed by atoms with Gasteiger partial charge in [0.25, 0.3) is 0 Å². The summed E-state index contributed by atoms with van der Waals surface area (Å²) >= 11 is 1.60. The van der Waals surface area contributed by atoms with Crippen molar-refractivity contribution in [3.8, 4) is 16.5 Å². The Kier molecular flexibility index (Phi) is 2.33. The number of thiophene rings is 1. The van der Waals surface area contributed by atoms with Crippen molar-refractivity contribution in [3.05, 3.63) is 29.3 Å². The molecule has 0 saturated heterocycles. The molecule has 3 heterocycles. The van der Waals surface area contributed by atoms with E-state index in [9.17, 15) is 0 Å². The topological polar surface area (TPSA) is 50.8 Å². The molecule has 0 radical (unpaired) electrons. The van der Waals surface area contributed by atoms with Crippen LogP contribution in [0.3, 0.4) is 0 Å². The molecule has 0 aliphatic carbocycles. The molecular weight excluding hydrogens is 234 g/mol. The van der Waals surface area contributed by atoms with Crippen LogP contribution in [-0.4, -0.2) is 22.1 Å². The van der Waals surface area contributed by atoms with E-state index in [0.717, 1.165) is 33.3 Å². The van der Waals surface area contributed by atoms with Gasteiger partial charge in [-0.1, -0.05) is 0 Å². The number of fused-ring (bicyclic) bond motifs is 1. The average Bonchev–Trinajstić information content (AvgIpc) is 2.93. The van der Waals surface area contributed by atoms with Gasteiger partial charge in [0.1, 0.15) is 10.6 Å². The minimum Gasteiger partial charge on any atom is -0.495 e. The van der Waals surface area contributed by atoms with Crippen LogP contribution in [0.25, 0.3) is 21.9 Å². The number of hydrogen-bond acceptors (Lipinski definition) is 4. The Balaban J connectivity index is 2.18. The molecular formula is C12H11N3OS. The molecule has 0 atom stereocenters. The Morgan fingerprint density at radius 2 is 2.12 bits per heavy atom. The van der Waals surface area contributed by atoms with Crippen LogP contribution in [0.2, 0.25) is 0 Å². The third-order valence-corrected chi connectivity index (χ3v) is 3.45. The summed E-state index contributed by atoms with van der Waals surface area (Å²) < 4.78 is 5.29. The smallest absolute Gasteiger partial charge is 0.178 e. The van der Waals surface area contributed by atoms with Crippen LogP contribution in [0, 0.1) is 6.92 Å². The van der Waals surface area contributed by atoms with E-state index in [4.69, 9.17) is 4.74 Å². The molecule has 5 heteroatoms. The number of aromatic amines is 1. The number of aryl methyl sites for hydroxylation is 1. The Morgan fingerprint density at radius 3 is 2.94 bits per heavy atom. The molecule has 3 aromatic rings. The van der Waals surface area contributed by atoms with Gasteiger partial charge in [0.15, 0.2) is 11.5 Å². The highest BCUT2D eigenvalue weighted by Gasteiger charge is 2.12. The van der Waals surface area contributed by atoms with E-state index in [0.29, 0.717) is 0 Å². The second-order valence-electron chi connectivity index (χ2n) is 3.73. The lowest BCUT2D eigenvalue weighted by Crippen LogP contribution is -1.83. The zero-order valence-electron chi connectivity index (χ0n) is 9.52. The van der Waals surface area contributed by atoms with Gasteiger partial charge in [-0.25, -0.2) is 9.97 Å². The first kappa shape index (κ1) is 10.3. The maximum atomic E-state index is 5.29. The van der Waals surface area contributed by atoms with E-state index >= 15 is 0 Å². The molecule has 0 bridgehead atoms. The molecule has 0 aromatic carbocycles. The Labute approximate surface area is 102 Å². The van der Waals surface area contributed by atoms with Gasteiger partial charge in [-0.2, -0.15) is 0 Å². The fraction of sp³-hybridized carbons (Fsp3) is 0.167. The SMILES string of the molecule is COc1ccsc1-c1nc2nc(C)ccc2[nH]1. The number of nitrogens with one attached hydrogen (secondary N) is 1. The summed E-state index contributed by atoms with van der Waals surface area (Å²) in [7, 11) is 1.66. The minimum atomic E-state index is 0.746. The highest BCUT2D eigenvalue weighted by Crippen LogP contribution is 2.34. The van der Waals surface area contributed by atoms with Crippen molar-refractivity contribution in [1.29, 1.82) is 0 Å². The van der Waals surface area contributed by atoms with Crippen LogP contribution in [0.4, 0.5) is 0 Å². The summed E-state index contributed by atoms with van der Waals surface area (Å²) in [6.07, 6.45) is 0. The third kappa shape index (κ3) is 1.68. The van der Waals surface area contributed by atoms with Gasteiger partial charge in [0.05, 0.1) is 12.6 Å². The average molecular weight is 245 g/mol. The lowest BCUT2D eigenvalue weighted by molar-refractivity contribution is 0.418. The summed E-state index contributed by atoms with van der Waals surface area (Å²) in [5, 5.41) is 1.99. The number of rotatable bonds is 2. The van der Waals surface area contributed by atoms with E-state index in [1.807, 2.05) is 30.5 Å². The highest BCUT2D eigenvalue weighted by molar-refractivity contribution is 7.13. The molecule has 0 aliphatic heterocycles. The first-order chi connectivity index (χ1) is 8.28. The van der Waals surface area contributed by atoms with Gasteiger partial charge in [0.2, 0.25) is 0 Å². The summed E-state index contributed by atoms with van der Waals surface area (Å²) in [5.41, 5.74) is 2.66. The fourth-order valence-corrected chi connectivity index (χ4v) is 2.53. The molecule has 0 saturated carbocycles. The number of pyridine rings is 1. The van der Waals surface area contributed by atoms with Crippen molar-refractivity contribution >= 4 is 22.5 Å². The quantitative estimate of drug-likeness (QED) is 0.755. The molecule has 0 amide bonds. The van der Waals surface area contributed by atoms with Crippen LogP contribution in [-0.2, 0) is 0 Å². The first-order valence-electron chi connectivity index (χ1n) is 5.23. The lowest BCUT2D eigenvalue weighted by Gasteiger charge is -1.97. The number of nitrogens with zero attached hydrogens (tertiary/aromatic N) is 2. The number of hydrogen-bond donors (Lipinski definition) is 1. The molecule has 3 aromatic heterocycles. The second kappa shape index (κ2) is 3.85. The van der Waals surface area contributed by atoms with Crippen molar-refractivity contribution in [2.75, 3.05) is 7.11 Å². The largest absolute Gasteiger partial charge is 0.495 e. The summed E-state index contributed by atoms with van der Waals surface area (Å²) in [6, 6.07) is 5.90. The predicted molar refractivity (Wildman–Crippen MR) is 68.5 cm³/mol. The molecule has 17 heavy (non-hydrogen) atoms. The molecule has 0 fully saturated rings. The molecule has 4 nitrogen and oxygen atoms in total. The van der Waals surface area contributed by atoms with Crippen LogP contribution in [0.15, 0.2) is 23.6 Å². The maximum Gasteiger partial charge on any atom is 0.178 e. The Bertz CT molecular complexity index is 671. The van der Waals surface area contributed by atoms with Crippen molar-refractivity contribution in [1.82, 2.24) is 15.0 Å². The summed E-state index contributed by atoms with van der Waals surface area (Å²) in [6.45, 7) is 1.96. The van der Waals surface area contributed by atoms with Crippen LogP contribution < -0.4 is 4.74 Å². The molecule has 0 aliphatic rings. The van der Waals surface area contributed by atoms with Crippen molar-refractivity contribution < 1.29 is 4.74 Å². The summed E-state index contributed by atoms with van der Waals surface area (Å²) in [4.78, 5) is 13.1. The normalized spacial score (nSPS) is 10.9. The number of aromatic nitrogens is 3. The lowest BCUT2D eigenvalue weighted by atomic mass is 10.3. The molecule has 3 rings (SSSR count). The van der Waals surface area contributed by atoms with Gasteiger partial charge >= 0.3 is 0 Å². The van der Waals surface area contributed by atoms with E-state index in [-0.39, 0.29) is 0 Å². The molecule has 0 unspecified atom stereocenters. The van der Waals surface area contributed by atoms with Gasteiger partial charge in [-0.15, -0.1) is 11.3 Å². The predicted octanol–water partition coefficient (Wildman–Crippen LogP) is 3.00. The second-order valence-corrected chi connectivity index (χ2v) is 4.64. The van der Waals surface area contributed by atoms with Crippen LogP contribution in [0.5, 0.6) is 5.75 Å². The van der Waals surface area contributed by atoms with Gasteiger partial charge in [-0.3, -0.25) is 0 Å².